The molecule has 0 fully saturated rings. The lowest BCUT2D eigenvalue weighted by Crippen LogP contribution is -2.39. The lowest BCUT2D eigenvalue weighted by molar-refractivity contribution is -0.138. The molecule has 2 amide bonds. The number of carboxylic acid groups (broad SMARTS) is 1. The summed E-state index contributed by atoms with van der Waals surface area (Å²) >= 11 is 0. The molecule has 0 saturated carbocycles. The number of aliphatic carboxylic acids is 1. The van der Waals surface area contributed by atoms with Gasteiger partial charge in [0.05, 0.1) is 17.7 Å². The van der Waals surface area contributed by atoms with Crippen molar-refractivity contribution in [1.82, 2.24) is 5.32 Å². The molecular formula is C18H16N2O4. The van der Waals surface area contributed by atoms with Gasteiger partial charge in [0, 0.05) is 5.69 Å². The maximum atomic E-state index is 12.8. The van der Waals surface area contributed by atoms with Gasteiger partial charge < -0.3 is 15.3 Å². The molecule has 2 aromatic carbocycles. The number of carbonyl (C=O) groups excluding carboxylic acids is 2. The van der Waals surface area contributed by atoms with Crippen LogP contribution in [0.1, 0.15) is 33.2 Å². The number of fused-ring (bicyclic) bond motifs is 1. The summed E-state index contributed by atoms with van der Waals surface area (Å²) < 4.78 is 0. The van der Waals surface area contributed by atoms with Crippen LogP contribution in [-0.4, -0.2) is 28.9 Å². The van der Waals surface area contributed by atoms with E-state index in [0.29, 0.717) is 12.1 Å². The standard InChI is InChI=1S/C18H16N2O4/c1-11(18(23)24)19-16(21)14-9-5-6-12-10-20(17(22)15(12)14)13-7-3-2-4-8-13/h2-9,11H,10H2,1H3,(H,19,21)(H,23,24)/t11-/m0/s1. The minimum absolute atomic E-state index is 0.198. The van der Waals surface area contributed by atoms with Crippen molar-refractivity contribution in [2.24, 2.45) is 0 Å². The molecule has 0 aliphatic carbocycles. The molecule has 122 valence electrons. The highest BCUT2D eigenvalue weighted by Crippen LogP contribution is 2.30. The van der Waals surface area contributed by atoms with Gasteiger partial charge in [0.1, 0.15) is 6.04 Å². The molecule has 1 aliphatic heterocycles. The molecule has 2 N–H and O–H groups in total. The van der Waals surface area contributed by atoms with E-state index in [1.807, 2.05) is 30.3 Å². The Labute approximate surface area is 138 Å². The van der Waals surface area contributed by atoms with Crippen LogP contribution < -0.4 is 10.2 Å². The number of anilines is 1. The van der Waals surface area contributed by atoms with Gasteiger partial charge in [-0.3, -0.25) is 14.4 Å². The summed E-state index contributed by atoms with van der Waals surface area (Å²) in [4.78, 5) is 37.6. The molecule has 6 heteroatoms. The molecule has 0 unspecified atom stereocenters. The molecule has 1 aliphatic rings. The van der Waals surface area contributed by atoms with Gasteiger partial charge in [0.2, 0.25) is 0 Å². The molecule has 0 aromatic heterocycles. The summed E-state index contributed by atoms with van der Waals surface area (Å²) in [7, 11) is 0. The van der Waals surface area contributed by atoms with Crippen LogP contribution in [0.4, 0.5) is 5.69 Å². The number of hydrogen-bond acceptors (Lipinski definition) is 3. The summed E-state index contributed by atoms with van der Waals surface area (Å²) in [6.07, 6.45) is 0. The average molecular weight is 324 g/mol. The minimum Gasteiger partial charge on any atom is -0.480 e. The Balaban J connectivity index is 1.93. The summed E-state index contributed by atoms with van der Waals surface area (Å²) in [6.45, 7) is 1.76. The van der Waals surface area contributed by atoms with Gasteiger partial charge in [-0.1, -0.05) is 30.3 Å². The van der Waals surface area contributed by atoms with Crippen LogP contribution in [-0.2, 0) is 11.3 Å². The topological polar surface area (TPSA) is 86.7 Å². The van der Waals surface area contributed by atoms with E-state index < -0.39 is 17.9 Å². The van der Waals surface area contributed by atoms with E-state index in [0.717, 1.165) is 11.3 Å². The molecule has 0 spiro atoms. The monoisotopic (exact) mass is 324 g/mol. The second-order valence-corrected chi connectivity index (χ2v) is 5.60. The third-order valence-electron chi connectivity index (χ3n) is 3.97. The zero-order valence-corrected chi connectivity index (χ0v) is 13.0. The van der Waals surface area contributed by atoms with E-state index in [4.69, 9.17) is 5.11 Å². The maximum absolute atomic E-state index is 12.8. The molecule has 24 heavy (non-hydrogen) atoms. The Bertz CT molecular complexity index is 817. The number of nitrogens with one attached hydrogen (secondary N) is 1. The molecule has 3 rings (SSSR count). The number of amides is 2. The number of benzene rings is 2. The molecule has 0 saturated heterocycles. The number of hydrogen-bond donors (Lipinski definition) is 2. The van der Waals surface area contributed by atoms with E-state index >= 15 is 0 Å². The van der Waals surface area contributed by atoms with E-state index in [1.165, 1.54) is 13.0 Å². The molecule has 2 aromatic rings. The van der Waals surface area contributed by atoms with Crippen molar-refractivity contribution >= 4 is 23.5 Å². The van der Waals surface area contributed by atoms with Crippen molar-refractivity contribution in [3.8, 4) is 0 Å². The highest BCUT2D eigenvalue weighted by atomic mass is 16.4. The summed E-state index contributed by atoms with van der Waals surface area (Å²) in [5.74, 6) is -1.96. The number of carbonyl (C=O) groups is 3. The van der Waals surface area contributed by atoms with E-state index in [1.54, 1.807) is 17.0 Å². The van der Waals surface area contributed by atoms with Gasteiger partial charge in [-0.2, -0.15) is 0 Å². The fraction of sp³-hybridized carbons (Fsp3) is 0.167. The number of rotatable bonds is 4. The Kier molecular flexibility index (Phi) is 4.04. The fourth-order valence-electron chi connectivity index (χ4n) is 2.70. The first-order chi connectivity index (χ1) is 11.5. The molecule has 0 radical (unpaired) electrons. The highest BCUT2D eigenvalue weighted by molar-refractivity contribution is 6.16. The lowest BCUT2D eigenvalue weighted by atomic mass is 10.0. The van der Waals surface area contributed by atoms with Crippen molar-refractivity contribution in [2.75, 3.05) is 4.90 Å². The van der Waals surface area contributed by atoms with Gasteiger partial charge >= 0.3 is 5.97 Å². The van der Waals surface area contributed by atoms with Crippen LogP contribution >= 0.6 is 0 Å². The summed E-state index contributed by atoms with van der Waals surface area (Å²) in [5.41, 5.74) is 2.03. The van der Waals surface area contributed by atoms with E-state index in [9.17, 15) is 14.4 Å². The first-order valence-electron chi connectivity index (χ1n) is 7.51. The van der Waals surface area contributed by atoms with Gasteiger partial charge in [0.15, 0.2) is 0 Å². The maximum Gasteiger partial charge on any atom is 0.325 e. The zero-order valence-electron chi connectivity index (χ0n) is 13.0. The van der Waals surface area contributed by atoms with Crippen LogP contribution in [0.3, 0.4) is 0 Å². The third-order valence-corrected chi connectivity index (χ3v) is 3.97. The van der Waals surface area contributed by atoms with Gasteiger partial charge in [-0.05, 0) is 30.7 Å². The Hall–Kier alpha value is -3.15. The van der Waals surface area contributed by atoms with Crippen LogP contribution in [0.25, 0.3) is 0 Å². The van der Waals surface area contributed by atoms with Crippen molar-refractivity contribution < 1.29 is 19.5 Å². The van der Waals surface area contributed by atoms with Gasteiger partial charge in [-0.25, -0.2) is 0 Å². The van der Waals surface area contributed by atoms with Gasteiger partial charge in [0.25, 0.3) is 11.8 Å². The third kappa shape index (κ3) is 2.74. The van der Waals surface area contributed by atoms with Crippen LogP contribution in [0.2, 0.25) is 0 Å². The van der Waals surface area contributed by atoms with Crippen molar-refractivity contribution in [1.29, 1.82) is 0 Å². The molecule has 6 nitrogen and oxygen atoms in total. The van der Waals surface area contributed by atoms with Crippen molar-refractivity contribution in [2.45, 2.75) is 19.5 Å². The first-order valence-corrected chi connectivity index (χ1v) is 7.51. The Morgan fingerprint density at radius 2 is 1.83 bits per heavy atom. The molecule has 0 bridgehead atoms. The molecular weight excluding hydrogens is 308 g/mol. The average Bonchev–Trinajstić information content (AvgIpc) is 2.92. The summed E-state index contributed by atoms with van der Waals surface area (Å²) in [5, 5.41) is 11.3. The SMILES string of the molecule is C[C@H](NC(=O)c1cccc2c1C(=O)N(c1ccccc1)C2)C(=O)O. The van der Waals surface area contributed by atoms with Crippen LogP contribution in [0.15, 0.2) is 48.5 Å². The second kappa shape index (κ2) is 6.16. The second-order valence-electron chi connectivity index (χ2n) is 5.60. The summed E-state index contributed by atoms with van der Waals surface area (Å²) in [6, 6.07) is 13.2. The molecule has 1 atom stereocenters. The lowest BCUT2D eigenvalue weighted by Gasteiger charge is -2.15. The van der Waals surface area contributed by atoms with Crippen LogP contribution in [0.5, 0.6) is 0 Å². The zero-order chi connectivity index (χ0) is 17.3. The van der Waals surface area contributed by atoms with Crippen LogP contribution in [0, 0.1) is 0 Å². The first kappa shape index (κ1) is 15.7. The number of nitrogens with zero attached hydrogens (tertiary/aromatic N) is 1. The largest absolute Gasteiger partial charge is 0.480 e. The predicted octanol–water partition coefficient (Wildman–Crippen LogP) is 2.05. The predicted molar refractivity (Wildman–Crippen MR) is 88.0 cm³/mol. The highest BCUT2D eigenvalue weighted by Gasteiger charge is 2.33. The van der Waals surface area contributed by atoms with E-state index in [2.05, 4.69) is 5.32 Å². The Morgan fingerprint density at radius 1 is 1.12 bits per heavy atom. The minimum atomic E-state index is -1.13. The fourth-order valence-corrected chi connectivity index (χ4v) is 2.70. The normalized spacial score (nSPS) is 14.2. The smallest absolute Gasteiger partial charge is 0.325 e. The molecule has 1 heterocycles. The van der Waals surface area contributed by atoms with Crippen molar-refractivity contribution in [3.63, 3.8) is 0 Å². The number of carboxylic acids is 1. The van der Waals surface area contributed by atoms with Crippen molar-refractivity contribution in [3.05, 3.63) is 65.2 Å². The number of para-hydroxylation sites is 1. The Morgan fingerprint density at radius 3 is 2.50 bits per heavy atom. The van der Waals surface area contributed by atoms with Gasteiger partial charge in [-0.15, -0.1) is 0 Å². The quantitative estimate of drug-likeness (QED) is 0.901. The van der Waals surface area contributed by atoms with E-state index in [-0.39, 0.29) is 11.5 Å².